The number of nitrogens with one attached hydrogen (secondary N) is 1. The average molecular weight is 145 g/mol. The first-order chi connectivity index (χ1) is 4.81. The van der Waals surface area contributed by atoms with Crippen molar-refractivity contribution in [3.8, 4) is 0 Å². The molecule has 0 aliphatic heterocycles. The lowest BCUT2D eigenvalue weighted by Crippen LogP contribution is -2.21. The van der Waals surface area contributed by atoms with Crippen LogP contribution in [0.4, 0.5) is 0 Å². The third kappa shape index (κ3) is 5.60. The summed E-state index contributed by atoms with van der Waals surface area (Å²) in [5.74, 6) is 0.191. The lowest BCUT2D eigenvalue weighted by molar-refractivity contribution is -0.121. The number of amides is 1. The van der Waals surface area contributed by atoms with Gasteiger partial charge in [0.05, 0.1) is 0 Å². The topological polar surface area (TPSA) is 29.1 Å². The first-order valence-electron chi connectivity index (χ1n) is 4.08. The van der Waals surface area contributed by atoms with Gasteiger partial charge in [-0.25, -0.2) is 0 Å². The highest BCUT2D eigenvalue weighted by Gasteiger charge is 1.96. The largest absolute Gasteiger partial charge is 0.356 e. The lowest BCUT2D eigenvalue weighted by Gasteiger charge is -1.99. The molecule has 62 valence electrons. The van der Waals surface area contributed by atoms with Crippen molar-refractivity contribution < 1.29 is 6.22 Å². The Bertz CT molecular complexity index is 96.1. The van der Waals surface area contributed by atoms with Gasteiger partial charge in [0, 0.05) is 14.4 Å². The summed E-state index contributed by atoms with van der Waals surface area (Å²) in [6.45, 7) is 4.83. The van der Waals surface area contributed by atoms with Gasteiger partial charge < -0.3 is 5.32 Å². The Kier molecular flexibility index (Phi) is 6.24. The molecule has 0 heterocycles. The number of rotatable bonds is 5. The molecule has 0 rings (SSSR count). The molecule has 0 aromatic carbocycles. The highest BCUT2D eigenvalue weighted by Crippen LogP contribution is 1.97. The van der Waals surface area contributed by atoms with E-state index in [1.807, 2.05) is 6.92 Å². The van der Waals surface area contributed by atoms with Crippen molar-refractivity contribution >= 4 is 5.91 Å². The normalized spacial score (nSPS) is 9.40. The van der Waals surface area contributed by atoms with E-state index in [-0.39, 0.29) is 7.33 Å². The van der Waals surface area contributed by atoms with Crippen molar-refractivity contribution in [1.82, 2.24) is 5.32 Å². The Morgan fingerprint density at radius 2 is 2.10 bits per heavy atom. The fraction of sp³-hybridized carbons (Fsp3) is 0.875. The predicted molar refractivity (Wildman–Crippen MR) is 44.9 cm³/mol. The van der Waals surface area contributed by atoms with E-state index in [0.717, 1.165) is 19.4 Å². The summed E-state index contributed by atoms with van der Waals surface area (Å²) in [6, 6.07) is 0. The van der Waals surface area contributed by atoms with Gasteiger partial charge >= 0.3 is 0 Å². The van der Waals surface area contributed by atoms with Crippen molar-refractivity contribution in [2.75, 3.05) is 6.54 Å². The minimum absolute atomic E-state index is 0. The number of unbranched alkanes of at least 4 members (excludes halogenated alkanes) is 2. The van der Waals surface area contributed by atoms with Crippen LogP contribution in [0.15, 0.2) is 0 Å². The minimum Gasteiger partial charge on any atom is -0.356 e. The van der Waals surface area contributed by atoms with Gasteiger partial charge in [-0.2, -0.15) is 0 Å². The van der Waals surface area contributed by atoms with Crippen LogP contribution in [0.2, 0.25) is 0 Å². The van der Waals surface area contributed by atoms with E-state index in [2.05, 4.69) is 12.2 Å². The quantitative estimate of drug-likeness (QED) is 0.589. The van der Waals surface area contributed by atoms with E-state index in [1.54, 1.807) is 0 Å². The summed E-state index contributed by atoms with van der Waals surface area (Å²) in [7, 11) is 0. The molecule has 0 atom stereocenters. The average Bonchev–Trinajstić information content (AvgIpc) is 1.89. The molecule has 0 aliphatic carbocycles. The Labute approximate surface area is 64.5 Å². The molecule has 1 amide bonds. The van der Waals surface area contributed by atoms with Gasteiger partial charge in [-0.3, -0.25) is 4.79 Å². The summed E-state index contributed by atoms with van der Waals surface area (Å²) >= 11 is 0. The molecule has 0 saturated heterocycles. The van der Waals surface area contributed by atoms with Crippen LogP contribution in [-0.4, -0.2) is 12.5 Å². The molecule has 0 unspecified atom stereocenters. The Morgan fingerprint density at radius 3 is 2.60 bits per heavy atom. The number of hydrogen-bond donors (Lipinski definition) is 1. The van der Waals surface area contributed by atoms with Crippen LogP contribution in [0.25, 0.3) is 0 Å². The molecule has 0 spiro atoms. The maximum absolute atomic E-state index is 10.8. The Morgan fingerprint density at radius 1 is 1.40 bits per heavy atom. The molecule has 10 heavy (non-hydrogen) atoms. The Hall–Kier alpha value is -0.530. The van der Waals surface area contributed by atoms with Crippen molar-refractivity contribution in [2.45, 2.75) is 39.5 Å². The zero-order valence-electron chi connectivity index (χ0n) is 6.94. The SMILES string of the molecule is CCCCCC(=O)NCC.[HH]. The van der Waals surface area contributed by atoms with Gasteiger partial charge in [0.2, 0.25) is 5.91 Å². The Balaban J connectivity index is 0. The minimum atomic E-state index is 0. The van der Waals surface area contributed by atoms with E-state index >= 15 is 0 Å². The lowest BCUT2D eigenvalue weighted by atomic mass is 10.2. The molecule has 0 aromatic rings. The van der Waals surface area contributed by atoms with Gasteiger partial charge in [0.1, 0.15) is 0 Å². The molecular formula is C8H19NO. The second-order valence-electron chi connectivity index (χ2n) is 2.41. The molecule has 1 N–H and O–H groups in total. The molecule has 0 fully saturated rings. The molecule has 0 saturated carbocycles. The zero-order chi connectivity index (χ0) is 7.82. The van der Waals surface area contributed by atoms with Crippen molar-refractivity contribution in [1.29, 1.82) is 0 Å². The molecule has 0 bridgehead atoms. The van der Waals surface area contributed by atoms with E-state index in [4.69, 9.17) is 0 Å². The molecule has 0 radical (unpaired) electrons. The number of hydrogen-bond acceptors (Lipinski definition) is 1. The van der Waals surface area contributed by atoms with E-state index in [9.17, 15) is 4.79 Å². The van der Waals surface area contributed by atoms with Gasteiger partial charge in [-0.15, -0.1) is 0 Å². The maximum Gasteiger partial charge on any atom is 0.219 e. The van der Waals surface area contributed by atoms with Gasteiger partial charge in [0.15, 0.2) is 0 Å². The smallest absolute Gasteiger partial charge is 0.219 e. The molecule has 2 nitrogen and oxygen atoms in total. The van der Waals surface area contributed by atoms with Crippen molar-refractivity contribution in [3.05, 3.63) is 0 Å². The summed E-state index contributed by atoms with van der Waals surface area (Å²) in [5.41, 5.74) is 0. The molecular weight excluding hydrogens is 126 g/mol. The summed E-state index contributed by atoms with van der Waals surface area (Å²) in [5, 5.41) is 2.77. The summed E-state index contributed by atoms with van der Waals surface area (Å²) in [6.07, 6.45) is 4.07. The van der Waals surface area contributed by atoms with Crippen LogP contribution in [0, 0.1) is 0 Å². The summed E-state index contributed by atoms with van der Waals surface area (Å²) in [4.78, 5) is 10.8. The first kappa shape index (κ1) is 9.47. The third-order valence-electron chi connectivity index (χ3n) is 1.38. The summed E-state index contributed by atoms with van der Waals surface area (Å²) < 4.78 is 0. The van der Waals surface area contributed by atoms with Gasteiger partial charge in [-0.1, -0.05) is 19.8 Å². The zero-order valence-corrected chi connectivity index (χ0v) is 6.94. The second kappa shape index (κ2) is 6.59. The maximum atomic E-state index is 10.8. The van der Waals surface area contributed by atoms with Crippen LogP contribution < -0.4 is 5.32 Å². The fourth-order valence-electron chi connectivity index (χ4n) is 0.821. The monoisotopic (exact) mass is 145 g/mol. The highest BCUT2D eigenvalue weighted by atomic mass is 16.1. The van der Waals surface area contributed by atoms with Gasteiger partial charge in [0.25, 0.3) is 0 Å². The van der Waals surface area contributed by atoms with E-state index in [0.29, 0.717) is 6.42 Å². The van der Waals surface area contributed by atoms with Gasteiger partial charge in [-0.05, 0) is 13.3 Å². The number of carbonyl (C=O) groups excluding carboxylic acids is 1. The highest BCUT2D eigenvalue weighted by molar-refractivity contribution is 5.75. The second-order valence-corrected chi connectivity index (χ2v) is 2.41. The fourth-order valence-corrected chi connectivity index (χ4v) is 0.821. The van der Waals surface area contributed by atoms with Crippen LogP contribution in [-0.2, 0) is 4.79 Å². The van der Waals surface area contributed by atoms with Crippen molar-refractivity contribution in [2.24, 2.45) is 0 Å². The number of carbonyl (C=O) groups is 1. The molecule has 2 heteroatoms. The van der Waals surface area contributed by atoms with E-state index in [1.165, 1.54) is 6.42 Å². The first-order valence-corrected chi connectivity index (χ1v) is 4.08. The van der Waals surface area contributed by atoms with Crippen LogP contribution in [0.5, 0.6) is 0 Å². The predicted octanol–water partition coefficient (Wildman–Crippen LogP) is 1.95. The van der Waals surface area contributed by atoms with E-state index < -0.39 is 0 Å². The third-order valence-corrected chi connectivity index (χ3v) is 1.38. The molecule has 0 aliphatic rings. The van der Waals surface area contributed by atoms with Crippen LogP contribution in [0.3, 0.4) is 0 Å². The van der Waals surface area contributed by atoms with Crippen molar-refractivity contribution in [3.63, 3.8) is 0 Å². The standard InChI is InChI=1S/C8H17NO.H2/c1-3-5-6-7-8(10)9-4-2;/h3-7H2,1-2H3,(H,9,10);1H. The molecule has 0 aromatic heterocycles. The van der Waals surface area contributed by atoms with Crippen LogP contribution in [0.1, 0.15) is 41.0 Å². The van der Waals surface area contributed by atoms with Crippen LogP contribution >= 0.6 is 0 Å².